The molecule has 0 saturated carbocycles. The summed E-state index contributed by atoms with van der Waals surface area (Å²) in [6.07, 6.45) is 7.74. The Hall–Kier alpha value is -3.15. The molecule has 3 heterocycles. The monoisotopic (exact) mass is 347 g/mol. The maximum absolute atomic E-state index is 12.9. The maximum atomic E-state index is 12.9. The molecule has 26 heavy (non-hydrogen) atoms. The fraction of sp³-hybridized carbons (Fsp3) is 0.250. The number of carbonyl (C=O) groups excluding carboxylic acids is 1. The molecule has 132 valence electrons. The minimum absolute atomic E-state index is 0.165. The summed E-state index contributed by atoms with van der Waals surface area (Å²) < 4.78 is 1.66. The first-order chi connectivity index (χ1) is 12.8. The SMILES string of the molecule is O=C(Nc1ccc(N2CCCC2)cn1)[C@@H](c1ccccc1)n1cccn1. The number of anilines is 2. The van der Waals surface area contributed by atoms with Crippen LogP contribution >= 0.6 is 0 Å². The molecule has 1 saturated heterocycles. The molecule has 0 unspecified atom stereocenters. The molecule has 6 heteroatoms. The van der Waals surface area contributed by atoms with Gasteiger partial charge >= 0.3 is 0 Å². The lowest BCUT2D eigenvalue weighted by atomic mass is 10.1. The topological polar surface area (TPSA) is 63.1 Å². The van der Waals surface area contributed by atoms with Crippen molar-refractivity contribution in [3.8, 4) is 0 Å². The first-order valence-corrected chi connectivity index (χ1v) is 8.87. The van der Waals surface area contributed by atoms with Crippen LogP contribution in [0.5, 0.6) is 0 Å². The van der Waals surface area contributed by atoms with Gasteiger partial charge in [0.05, 0.1) is 11.9 Å². The van der Waals surface area contributed by atoms with Crippen LogP contribution in [0.1, 0.15) is 24.4 Å². The highest BCUT2D eigenvalue weighted by atomic mass is 16.2. The Morgan fingerprint density at radius 1 is 1.04 bits per heavy atom. The molecule has 6 nitrogen and oxygen atoms in total. The smallest absolute Gasteiger partial charge is 0.254 e. The van der Waals surface area contributed by atoms with Crippen molar-refractivity contribution in [2.45, 2.75) is 18.9 Å². The summed E-state index contributed by atoms with van der Waals surface area (Å²) in [6, 6.07) is 14.8. The fourth-order valence-corrected chi connectivity index (χ4v) is 3.31. The first kappa shape index (κ1) is 16.3. The van der Waals surface area contributed by atoms with Gasteiger partial charge in [-0.15, -0.1) is 0 Å². The van der Waals surface area contributed by atoms with E-state index in [1.807, 2.05) is 54.7 Å². The van der Waals surface area contributed by atoms with Crippen molar-refractivity contribution in [2.75, 3.05) is 23.3 Å². The highest BCUT2D eigenvalue weighted by molar-refractivity contribution is 5.95. The van der Waals surface area contributed by atoms with E-state index in [0.29, 0.717) is 5.82 Å². The Bertz CT molecular complexity index is 840. The minimum atomic E-state index is -0.536. The van der Waals surface area contributed by atoms with Gasteiger partial charge in [0.2, 0.25) is 0 Å². The number of carbonyl (C=O) groups is 1. The van der Waals surface area contributed by atoms with Crippen LogP contribution in [0, 0.1) is 0 Å². The molecule has 0 spiro atoms. The van der Waals surface area contributed by atoms with Gasteiger partial charge in [-0.05, 0) is 36.6 Å². The van der Waals surface area contributed by atoms with Crippen LogP contribution in [0.25, 0.3) is 0 Å². The second kappa shape index (κ2) is 7.39. The number of hydrogen-bond acceptors (Lipinski definition) is 4. The molecule has 3 aromatic rings. The lowest BCUT2D eigenvalue weighted by Gasteiger charge is -2.19. The predicted octanol–water partition coefficient (Wildman–Crippen LogP) is 3.11. The zero-order valence-corrected chi connectivity index (χ0v) is 14.5. The number of nitrogens with zero attached hydrogens (tertiary/aromatic N) is 4. The van der Waals surface area contributed by atoms with Gasteiger partial charge in [0.25, 0.3) is 5.91 Å². The second-order valence-corrected chi connectivity index (χ2v) is 6.38. The molecule has 0 bridgehead atoms. The van der Waals surface area contributed by atoms with Gasteiger partial charge < -0.3 is 10.2 Å². The van der Waals surface area contributed by atoms with Crippen LogP contribution in [-0.4, -0.2) is 33.8 Å². The molecular formula is C20H21N5O. The van der Waals surface area contributed by atoms with Crippen LogP contribution in [0.3, 0.4) is 0 Å². The van der Waals surface area contributed by atoms with Crippen LogP contribution in [0.4, 0.5) is 11.5 Å². The number of nitrogens with one attached hydrogen (secondary N) is 1. The number of pyridine rings is 1. The largest absolute Gasteiger partial charge is 0.370 e. The normalized spacial score (nSPS) is 15.0. The van der Waals surface area contributed by atoms with Crippen molar-refractivity contribution in [1.29, 1.82) is 0 Å². The number of rotatable bonds is 5. The zero-order valence-electron chi connectivity index (χ0n) is 14.5. The Labute approximate surface area is 152 Å². The van der Waals surface area contributed by atoms with Gasteiger partial charge in [-0.25, -0.2) is 4.98 Å². The summed E-state index contributed by atoms with van der Waals surface area (Å²) in [5.41, 5.74) is 1.98. The van der Waals surface area contributed by atoms with Crippen molar-refractivity contribution >= 4 is 17.4 Å². The molecule has 2 aromatic heterocycles. The summed E-state index contributed by atoms with van der Waals surface area (Å²) in [5.74, 6) is 0.382. The molecule has 1 amide bonds. The van der Waals surface area contributed by atoms with Gasteiger partial charge in [0, 0.05) is 25.5 Å². The number of aromatic nitrogens is 3. The standard InChI is InChI=1S/C20H21N5O/c26-20(19(25-14-6-11-22-25)16-7-2-1-3-8-16)23-18-10-9-17(15-21-18)24-12-4-5-13-24/h1-3,6-11,14-15,19H,4-5,12-13H2,(H,21,23,26)/t19-/m1/s1. The Morgan fingerprint density at radius 2 is 1.85 bits per heavy atom. The number of amides is 1. The minimum Gasteiger partial charge on any atom is -0.370 e. The van der Waals surface area contributed by atoms with Gasteiger partial charge in [-0.2, -0.15) is 5.10 Å². The third kappa shape index (κ3) is 3.44. The third-order valence-electron chi connectivity index (χ3n) is 4.62. The van der Waals surface area contributed by atoms with E-state index >= 15 is 0 Å². The van der Waals surface area contributed by atoms with E-state index in [1.54, 1.807) is 17.1 Å². The van der Waals surface area contributed by atoms with E-state index in [9.17, 15) is 4.79 Å². The summed E-state index contributed by atoms with van der Waals surface area (Å²) in [6.45, 7) is 2.14. The van der Waals surface area contributed by atoms with Gasteiger partial charge in [-0.3, -0.25) is 9.48 Å². The molecular weight excluding hydrogens is 326 g/mol. The number of hydrogen-bond donors (Lipinski definition) is 1. The van der Waals surface area contributed by atoms with Crippen LogP contribution in [-0.2, 0) is 4.79 Å². The van der Waals surface area contributed by atoms with E-state index in [-0.39, 0.29) is 5.91 Å². The van der Waals surface area contributed by atoms with E-state index in [2.05, 4.69) is 20.3 Å². The molecule has 4 rings (SSSR count). The van der Waals surface area contributed by atoms with Crippen molar-refractivity contribution in [1.82, 2.24) is 14.8 Å². The fourth-order valence-electron chi connectivity index (χ4n) is 3.31. The van der Waals surface area contributed by atoms with Crippen molar-refractivity contribution < 1.29 is 4.79 Å². The Kier molecular flexibility index (Phi) is 4.64. The Morgan fingerprint density at radius 3 is 2.50 bits per heavy atom. The zero-order chi connectivity index (χ0) is 17.8. The van der Waals surface area contributed by atoms with Gasteiger partial charge in [-0.1, -0.05) is 30.3 Å². The molecule has 1 aromatic carbocycles. The molecule has 0 aliphatic carbocycles. The van der Waals surface area contributed by atoms with E-state index in [1.165, 1.54) is 12.8 Å². The lowest BCUT2D eigenvalue weighted by Crippen LogP contribution is -2.27. The van der Waals surface area contributed by atoms with Crippen LogP contribution in [0.2, 0.25) is 0 Å². The molecule has 1 atom stereocenters. The summed E-state index contributed by atoms with van der Waals surface area (Å²) in [7, 11) is 0. The van der Waals surface area contributed by atoms with Crippen molar-refractivity contribution in [3.63, 3.8) is 0 Å². The molecule has 0 radical (unpaired) electrons. The van der Waals surface area contributed by atoms with E-state index in [4.69, 9.17) is 0 Å². The second-order valence-electron chi connectivity index (χ2n) is 6.38. The third-order valence-corrected chi connectivity index (χ3v) is 4.62. The summed E-state index contributed by atoms with van der Waals surface area (Å²) in [4.78, 5) is 19.7. The first-order valence-electron chi connectivity index (χ1n) is 8.87. The van der Waals surface area contributed by atoms with Crippen molar-refractivity contribution in [2.24, 2.45) is 0 Å². The molecule has 1 aliphatic heterocycles. The predicted molar refractivity (Wildman–Crippen MR) is 101 cm³/mol. The van der Waals surface area contributed by atoms with Crippen molar-refractivity contribution in [3.05, 3.63) is 72.7 Å². The maximum Gasteiger partial charge on any atom is 0.254 e. The summed E-state index contributed by atoms with van der Waals surface area (Å²) in [5, 5.41) is 7.17. The molecule has 1 aliphatic rings. The van der Waals surface area contributed by atoms with Gasteiger partial charge in [0.1, 0.15) is 5.82 Å². The molecule has 1 N–H and O–H groups in total. The highest BCUT2D eigenvalue weighted by Gasteiger charge is 2.23. The lowest BCUT2D eigenvalue weighted by molar-refractivity contribution is -0.118. The average molecular weight is 347 g/mol. The Balaban J connectivity index is 1.53. The number of benzene rings is 1. The summed E-state index contributed by atoms with van der Waals surface area (Å²) >= 11 is 0. The quantitative estimate of drug-likeness (QED) is 0.770. The van der Waals surface area contributed by atoms with Crippen LogP contribution in [0.15, 0.2) is 67.1 Å². The average Bonchev–Trinajstić information content (AvgIpc) is 3.38. The van der Waals surface area contributed by atoms with Gasteiger partial charge in [0.15, 0.2) is 6.04 Å². The molecule has 1 fully saturated rings. The van der Waals surface area contributed by atoms with E-state index < -0.39 is 6.04 Å². The van der Waals surface area contributed by atoms with Crippen LogP contribution < -0.4 is 10.2 Å². The van der Waals surface area contributed by atoms with E-state index in [0.717, 1.165) is 24.3 Å². The highest BCUT2D eigenvalue weighted by Crippen LogP contribution is 2.22.